The van der Waals surface area contributed by atoms with Crippen LogP contribution in [0.4, 0.5) is 22.0 Å². The number of aromatic nitrogens is 1. The van der Waals surface area contributed by atoms with Crippen LogP contribution in [-0.4, -0.2) is 50.1 Å². The van der Waals surface area contributed by atoms with Crippen LogP contribution in [0.3, 0.4) is 0 Å². The summed E-state index contributed by atoms with van der Waals surface area (Å²) in [5.41, 5.74) is -0.955. The number of guanidine groups is 1. The summed E-state index contributed by atoms with van der Waals surface area (Å²) in [7, 11) is 4.93. The predicted molar refractivity (Wildman–Crippen MR) is 103 cm³/mol. The molecule has 29 heavy (non-hydrogen) atoms. The molecule has 0 bridgehead atoms. The molecule has 5 nitrogen and oxygen atoms in total. The number of aliphatic imine (C=N–C) groups is 1. The molecule has 0 aliphatic carbocycles. The van der Waals surface area contributed by atoms with E-state index >= 15 is 0 Å². The number of nitrogens with one attached hydrogen (secondary N) is 2. The maximum absolute atomic E-state index is 14.1. The molecule has 0 aliphatic heterocycles. The first-order valence-electron chi connectivity index (χ1n) is 8.70. The molecule has 2 aromatic rings. The summed E-state index contributed by atoms with van der Waals surface area (Å²) in [6.07, 6.45) is -4.18. The number of hydrogen-bond donors (Lipinski definition) is 2. The Morgan fingerprint density at radius 1 is 1.21 bits per heavy atom. The van der Waals surface area contributed by atoms with E-state index in [2.05, 4.69) is 20.6 Å². The molecule has 11 heteroatoms. The molecule has 0 radical (unpaired) electrons. The third kappa shape index (κ3) is 6.36. The molecule has 0 fully saturated rings. The smallest absolute Gasteiger partial charge is 0.356 e. The van der Waals surface area contributed by atoms with E-state index in [0.717, 1.165) is 16.7 Å². The standard InChI is InChI=1S/C18H22F5N5S/c1-24-17(25-8-7-15-27-14(10-29-15)18(21,22)23)26-9-13(28(2)3)16-11(19)5-4-6-12(16)20/h4-6,10,13H,7-9H2,1-3H3,(H2,24,25,26). The first kappa shape index (κ1) is 23.0. The third-order valence-electron chi connectivity index (χ3n) is 4.12. The van der Waals surface area contributed by atoms with E-state index < -0.39 is 29.5 Å². The minimum absolute atomic E-state index is 0.0529. The summed E-state index contributed by atoms with van der Waals surface area (Å²) in [6, 6.07) is 3.11. The van der Waals surface area contributed by atoms with Gasteiger partial charge in [0.05, 0.1) is 11.0 Å². The zero-order valence-corrected chi connectivity index (χ0v) is 17.0. The molecule has 1 aromatic heterocycles. The van der Waals surface area contributed by atoms with Gasteiger partial charge in [0.15, 0.2) is 11.7 Å². The number of rotatable bonds is 7. The lowest BCUT2D eigenvalue weighted by Gasteiger charge is -2.26. The van der Waals surface area contributed by atoms with E-state index in [-0.39, 0.29) is 18.5 Å². The second-order valence-electron chi connectivity index (χ2n) is 6.37. The Morgan fingerprint density at radius 3 is 2.38 bits per heavy atom. The van der Waals surface area contributed by atoms with Crippen molar-refractivity contribution >= 4 is 17.3 Å². The Morgan fingerprint density at radius 2 is 1.86 bits per heavy atom. The van der Waals surface area contributed by atoms with Crippen molar-refractivity contribution in [3.05, 3.63) is 51.5 Å². The molecule has 0 amide bonds. The predicted octanol–water partition coefficient (Wildman–Crippen LogP) is 3.45. The molecule has 0 saturated heterocycles. The molecule has 0 saturated carbocycles. The average Bonchev–Trinajstić information content (AvgIpc) is 3.11. The molecule has 1 heterocycles. The SMILES string of the molecule is CN=C(NCCc1nc(C(F)(F)F)cs1)NCC(c1c(F)cccc1F)N(C)C. The van der Waals surface area contributed by atoms with Crippen molar-refractivity contribution in [3.63, 3.8) is 0 Å². The van der Waals surface area contributed by atoms with Crippen LogP contribution < -0.4 is 10.6 Å². The largest absolute Gasteiger partial charge is 0.434 e. The van der Waals surface area contributed by atoms with E-state index in [1.807, 2.05) is 0 Å². The van der Waals surface area contributed by atoms with E-state index in [1.54, 1.807) is 19.0 Å². The molecule has 2 rings (SSSR count). The lowest BCUT2D eigenvalue weighted by Crippen LogP contribution is -2.42. The van der Waals surface area contributed by atoms with Crippen LogP contribution in [0.2, 0.25) is 0 Å². The first-order valence-corrected chi connectivity index (χ1v) is 9.58. The molecular formula is C18H22F5N5S. The van der Waals surface area contributed by atoms with Crippen molar-refractivity contribution in [1.29, 1.82) is 0 Å². The van der Waals surface area contributed by atoms with E-state index in [4.69, 9.17) is 0 Å². The van der Waals surface area contributed by atoms with Crippen molar-refractivity contribution < 1.29 is 22.0 Å². The van der Waals surface area contributed by atoms with E-state index in [1.165, 1.54) is 25.2 Å². The monoisotopic (exact) mass is 435 g/mol. The van der Waals surface area contributed by atoms with Gasteiger partial charge in [-0.25, -0.2) is 13.8 Å². The highest BCUT2D eigenvalue weighted by molar-refractivity contribution is 7.09. The van der Waals surface area contributed by atoms with Crippen LogP contribution in [0.25, 0.3) is 0 Å². The van der Waals surface area contributed by atoms with Gasteiger partial charge in [-0.05, 0) is 26.2 Å². The quantitative estimate of drug-likeness (QED) is 0.398. The molecule has 160 valence electrons. The Balaban J connectivity index is 1.93. The van der Waals surface area contributed by atoms with Gasteiger partial charge < -0.3 is 15.5 Å². The fourth-order valence-electron chi connectivity index (χ4n) is 2.63. The fourth-order valence-corrected chi connectivity index (χ4v) is 3.43. The van der Waals surface area contributed by atoms with Gasteiger partial charge in [0.2, 0.25) is 0 Å². The summed E-state index contributed by atoms with van der Waals surface area (Å²) in [5, 5.41) is 7.27. The molecule has 1 aromatic carbocycles. The number of benzene rings is 1. The molecule has 2 N–H and O–H groups in total. The Bertz CT molecular complexity index is 814. The summed E-state index contributed by atoms with van der Waals surface area (Å²) >= 11 is 0.937. The topological polar surface area (TPSA) is 52.6 Å². The second kappa shape index (κ2) is 9.97. The van der Waals surface area contributed by atoms with Gasteiger partial charge in [0.25, 0.3) is 0 Å². The number of likely N-dealkylation sites (N-methyl/N-ethyl adjacent to an activating group) is 1. The zero-order chi connectivity index (χ0) is 21.6. The summed E-state index contributed by atoms with van der Waals surface area (Å²) < 4.78 is 66.0. The van der Waals surface area contributed by atoms with Crippen LogP contribution in [-0.2, 0) is 12.6 Å². The molecule has 0 aliphatic rings. The Hall–Kier alpha value is -2.27. The second-order valence-corrected chi connectivity index (χ2v) is 7.31. The number of thiazole rings is 1. The van der Waals surface area contributed by atoms with Gasteiger partial charge in [-0.2, -0.15) is 13.2 Å². The highest BCUT2D eigenvalue weighted by atomic mass is 32.1. The van der Waals surface area contributed by atoms with Crippen molar-refractivity contribution in [2.45, 2.75) is 18.6 Å². The van der Waals surface area contributed by atoms with Crippen LogP contribution >= 0.6 is 11.3 Å². The maximum atomic E-state index is 14.1. The normalized spacial score (nSPS) is 13.6. The number of nitrogens with zero attached hydrogens (tertiary/aromatic N) is 3. The Kier molecular flexibility index (Phi) is 7.91. The molecule has 1 atom stereocenters. The van der Waals surface area contributed by atoms with Crippen LogP contribution in [0.15, 0.2) is 28.6 Å². The van der Waals surface area contributed by atoms with Gasteiger partial charge >= 0.3 is 6.18 Å². The third-order valence-corrected chi connectivity index (χ3v) is 5.02. The highest BCUT2D eigenvalue weighted by Gasteiger charge is 2.33. The number of hydrogen-bond acceptors (Lipinski definition) is 4. The van der Waals surface area contributed by atoms with Crippen LogP contribution in [0, 0.1) is 11.6 Å². The van der Waals surface area contributed by atoms with Gasteiger partial charge in [-0.15, -0.1) is 11.3 Å². The fraction of sp³-hybridized carbons (Fsp3) is 0.444. The Labute approximate surface area is 169 Å². The highest BCUT2D eigenvalue weighted by Crippen LogP contribution is 2.30. The van der Waals surface area contributed by atoms with Gasteiger partial charge in [-0.3, -0.25) is 4.99 Å². The van der Waals surface area contributed by atoms with Crippen molar-refractivity contribution in [2.75, 3.05) is 34.2 Å². The maximum Gasteiger partial charge on any atom is 0.434 e. The van der Waals surface area contributed by atoms with Crippen molar-refractivity contribution in [1.82, 2.24) is 20.5 Å². The lowest BCUT2D eigenvalue weighted by atomic mass is 10.0. The number of alkyl halides is 3. The van der Waals surface area contributed by atoms with Crippen LogP contribution in [0.1, 0.15) is 22.3 Å². The minimum atomic E-state index is -4.46. The minimum Gasteiger partial charge on any atom is -0.356 e. The van der Waals surface area contributed by atoms with Crippen molar-refractivity contribution in [2.24, 2.45) is 4.99 Å². The summed E-state index contributed by atoms with van der Waals surface area (Å²) in [6.45, 7) is 0.463. The lowest BCUT2D eigenvalue weighted by molar-refractivity contribution is -0.140. The first-order chi connectivity index (χ1) is 13.6. The molecule has 0 spiro atoms. The number of halogens is 5. The van der Waals surface area contributed by atoms with Crippen LogP contribution in [0.5, 0.6) is 0 Å². The summed E-state index contributed by atoms with van der Waals surface area (Å²) in [4.78, 5) is 9.27. The van der Waals surface area contributed by atoms with E-state index in [9.17, 15) is 22.0 Å². The van der Waals surface area contributed by atoms with Crippen molar-refractivity contribution in [3.8, 4) is 0 Å². The van der Waals surface area contributed by atoms with Gasteiger partial charge in [-0.1, -0.05) is 6.07 Å². The molecular weight excluding hydrogens is 413 g/mol. The van der Waals surface area contributed by atoms with Gasteiger partial charge in [0, 0.05) is 37.5 Å². The summed E-state index contributed by atoms with van der Waals surface area (Å²) in [5.74, 6) is -0.920. The average molecular weight is 435 g/mol. The molecule has 1 unspecified atom stereocenters. The van der Waals surface area contributed by atoms with E-state index in [0.29, 0.717) is 17.5 Å². The van der Waals surface area contributed by atoms with Gasteiger partial charge in [0.1, 0.15) is 11.6 Å². The zero-order valence-electron chi connectivity index (χ0n) is 16.1.